The van der Waals surface area contributed by atoms with Crippen molar-refractivity contribution in [1.29, 1.82) is 0 Å². The van der Waals surface area contributed by atoms with Crippen molar-refractivity contribution in [3.8, 4) is 0 Å². The number of carbonyl (C=O) groups is 2. The van der Waals surface area contributed by atoms with Crippen LogP contribution in [-0.4, -0.2) is 51.6 Å². The minimum atomic E-state index is -0.123. The minimum absolute atomic E-state index is 0.00687. The van der Waals surface area contributed by atoms with Crippen LogP contribution in [0.3, 0.4) is 0 Å². The molecule has 1 aliphatic heterocycles. The molecule has 0 unspecified atom stereocenters. The van der Waals surface area contributed by atoms with Crippen molar-refractivity contribution in [1.82, 2.24) is 25.0 Å². The molecule has 1 aromatic carbocycles. The summed E-state index contributed by atoms with van der Waals surface area (Å²) in [6, 6.07) is 7.45. The van der Waals surface area contributed by atoms with Gasteiger partial charge in [0.25, 0.3) is 5.91 Å². The summed E-state index contributed by atoms with van der Waals surface area (Å²) in [5, 5.41) is 6.75. The molecule has 25 heavy (non-hydrogen) atoms. The van der Waals surface area contributed by atoms with Gasteiger partial charge in [-0.3, -0.25) is 9.59 Å². The third-order valence-corrected chi connectivity index (χ3v) is 4.41. The van der Waals surface area contributed by atoms with Gasteiger partial charge in [0, 0.05) is 31.8 Å². The van der Waals surface area contributed by atoms with Crippen molar-refractivity contribution >= 4 is 17.9 Å². The van der Waals surface area contributed by atoms with E-state index in [1.54, 1.807) is 37.7 Å². The molecule has 1 N–H and O–H groups in total. The Bertz CT molecular complexity index is 744. The van der Waals surface area contributed by atoms with E-state index in [9.17, 15) is 9.59 Å². The fourth-order valence-electron chi connectivity index (χ4n) is 2.92. The Balaban J connectivity index is 1.54. The highest BCUT2D eigenvalue weighted by atomic mass is 16.2. The normalized spacial score (nSPS) is 15.5. The van der Waals surface area contributed by atoms with Gasteiger partial charge in [-0.2, -0.15) is 5.10 Å². The number of amides is 2. The molecule has 1 aliphatic rings. The second-order valence-corrected chi connectivity index (χ2v) is 5.97. The third-order valence-electron chi connectivity index (χ3n) is 4.41. The summed E-state index contributed by atoms with van der Waals surface area (Å²) < 4.78 is 1.87. The lowest BCUT2D eigenvalue weighted by molar-refractivity contribution is -0.127. The zero-order valence-electron chi connectivity index (χ0n) is 14.1. The zero-order chi connectivity index (χ0) is 17.6. The summed E-state index contributed by atoms with van der Waals surface area (Å²) in [6.07, 6.45) is 8.39. The van der Waals surface area contributed by atoms with Gasteiger partial charge >= 0.3 is 0 Å². The standard InChI is InChI=1S/C18H21N5O2/c1-19-18(25)15-5-2-14(3-6-15)4-7-17(24)22-10-8-16(9-11-22)23-13-20-12-21-23/h2-7,12-13,16H,8-11H2,1H3,(H,19,25)/b7-4-. The van der Waals surface area contributed by atoms with Gasteiger partial charge in [0.2, 0.25) is 5.91 Å². The number of aromatic nitrogens is 3. The van der Waals surface area contributed by atoms with Crippen LogP contribution in [-0.2, 0) is 4.79 Å². The predicted octanol–water partition coefficient (Wildman–Crippen LogP) is 1.51. The summed E-state index contributed by atoms with van der Waals surface area (Å²) >= 11 is 0. The molecule has 1 fully saturated rings. The van der Waals surface area contributed by atoms with Crippen molar-refractivity contribution in [2.45, 2.75) is 18.9 Å². The quantitative estimate of drug-likeness (QED) is 0.857. The van der Waals surface area contributed by atoms with Gasteiger partial charge in [-0.1, -0.05) is 12.1 Å². The van der Waals surface area contributed by atoms with Crippen LogP contribution in [0, 0.1) is 0 Å². The third kappa shape index (κ3) is 4.12. The maximum absolute atomic E-state index is 12.3. The molecule has 1 saturated heterocycles. The molecule has 0 radical (unpaired) electrons. The van der Waals surface area contributed by atoms with Crippen LogP contribution < -0.4 is 5.32 Å². The second-order valence-electron chi connectivity index (χ2n) is 5.97. The number of nitrogens with one attached hydrogen (secondary N) is 1. The summed E-state index contributed by atoms with van der Waals surface area (Å²) in [5.74, 6) is -0.116. The number of hydrogen-bond donors (Lipinski definition) is 1. The van der Waals surface area contributed by atoms with Crippen molar-refractivity contribution in [3.05, 3.63) is 54.1 Å². The van der Waals surface area contributed by atoms with E-state index < -0.39 is 0 Å². The Morgan fingerprint density at radius 2 is 1.92 bits per heavy atom. The average Bonchev–Trinajstić information content (AvgIpc) is 3.21. The van der Waals surface area contributed by atoms with E-state index in [1.807, 2.05) is 21.7 Å². The van der Waals surface area contributed by atoms with E-state index in [2.05, 4.69) is 15.4 Å². The fraction of sp³-hybridized carbons (Fsp3) is 0.333. The summed E-state index contributed by atoms with van der Waals surface area (Å²) in [6.45, 7) is 1.42. The Labute approximate surface area is 146 Å². The number of likely N-dealkylation sites (tertiary alicyclic amines) is 1. The zero-order valence-corrected chi connectivity index (χ0v) is 14.1. The van der Waals surface area contributed by atoms with Gasteiger partial charge in [0.1, 0.15) is 12.7 Å². The predicted molar refractivity (Wildman–Crippen MR) is 93.7 cm³/mol. The first-order chi connectivity index (χ1) is 12.2. The van der Waals surface area contributed by atoms with Crippen LogP contribution in [0.2, 0.25) is 0 Å². The average molecular weight is 339 g/mol. The lowest BCUT2D eigenvalue weighted by atomic mass is 10.1. The lowest BCUT2D eigenvalue weighted by Crippen LogP contribution is -2.38. The van der Waals surface area contributed by atoms with Crippen molar-refractivity contribution < 1.29 is 9.59 Å². The highest BCUT2D eigenvalue weighted by molar-refractivity contribution is 5.94. The minimum Gasteiger partial charge on any atom is -0.355 e. The first-order valence-electron chi connectivity index (χ1n) is 8.30. The highest BCUT2D eigenvalue weighted by Crippen LogP contribution is 2.21. The molecular formula is C18H21N5O2. The molecule has 0 aliphatic carbocycles. The largest absolute Gasteiger partial charge is 0.355 e. The molecule has 0 bridgehead atoms. The molecule has 7 nitrogen and oxygen atoms in total. The molecule has 0 saturated carbocycles. The van der Waals surface area contributed by atoms with Gasteiger partial charge in [-0.15, -0.1) is 0 Å². The topological polar surface area (TPSA) is 80.1 Å². The van der Waals surface area contributed by atoms with Crippen LogP contribution >= 0.6 is 0 Å². The molecule has 0 spiro atoms. The first kappa shape index (κ1) is 16.9. The fourth-order valence-corrected chi connectivity index (χ4v) is 2.92. The van der Waals surface area contributed by atoms with Crippen LogP contribution in [0.25, 0.3) is 6.08 Å². The molecule has 0 atom stereocenters. The molecule has 2 aromatic rings. The molecule has 130 valence electrons. The Kier molecular flexibility index (Phi) is 5.23. The number of nitrogens with zero attached hydrogens (tertiary/aromatic N) is 4. The Morgan fingerprint density at radius 1 is 1.20 bits per heavy atom. The van der Waals surface area contributed by atoms with Crippen LogP contribution in [0.1, 0.15) is 34.8 Å². The molecule has 3 rings (SSSR count). The summed E-state index contributed by atoms with van der Waals surface area (Å²) in [7, 11) is 1.60. The second kappa shape index (κ2) is 7.74. The van der Waals surface area contributed by atoms with Crippen LogP contribution in [0.4, 0.5) is 0 Å². The SMILES string of the molecule is CNC(=O)c1ccc(/C=C\C(=O)N2CCC(n3cncn3)CC2)cc1. The van der Waals surface area contributed by atoms with Gasteiger partial charge in [-0.25, -0.2) is 9.67 Å². The van der Waals surface area contributed by atoms with Gasteiger partial charge in [0.05, 0.1) is 6.04 Å². The molecule has 2 amide bonds. The van der Waals surface area contributed by atoms with Crippen molar-refractivity contribution in [2.24, 2.45) is 0 Å². The number of hydrogen-bond acceptors (Lipinski definition) is 4. The molecule has 1 aromatic heterocycles. The molecule has 7 heteroatoms. The monoisotopic (exact) mass is 339 g/mol. The van der Waals surface area contributed by atoms with Crippen molar-refractivity contribution in [3.63, 3.8) is 0 Å². The lowest BCUT2D eigenvalue weighted by Gasteiger charge is -2.31. The molecular weight excluding hydrogens is 318 g/mol. The van der Waals surface area contributed by atoms with E-state index in [-0.39, 0.29) is 11.8 Å². The van der Waals surface area contributed by atoms with Gasteiger partial charge < -0.3 is 10.2 Å². The highest BCUT2D eigenvalue weighted by Gasteiger charge is 2.22. The van der Waals surface area contributed by atoms with Crippen LogP contribution in [0.15, 0.2) is 43.0 Å². The van der Waals surface area contributed by atoms with E-state index in [0.717, 1.165) is 18.4 Å². The van der Waals surface area contributed by atoms with Gasteiger partial charge in [-0.05, 0) is 36.6 Å². The van der Waals surface area contributed by atoms with E-state index in [0.29, 0.717) is 24.7 Å². The summed E-state index contributed by atoms with van der Waals surface area (Å²) in [5.41, 5.74) is 1.49. The van der Waals surface area contributed by atoms with Crippen molar-refractivity contribution in [2.75, 3.05) is 20.1 Å². The first-order valence-corrected chi connectivity index (χ1v) is 8.30. The van der Waals surface area contributed by atoms with Crippen LogP contribution in [0.5, 0.6) is 0 Å². The number of benzene rings is 1. The summed E-state index contributed by atoms with van der Waals surface area (Å²) in [4.78, 5) is 29.7. The maximum atomic E-state index is 12.3. The number of piperidine rings is 1. The number of rotatable bonds is 4. The van der Waals surface area contributed by atoms with E-state index >= 15 is 0 Å². The Morgan fingerprint density at radius 3 is 2.52 bits per heavy atom. The molecule has 2 heterocycles. The smallest absolute Gasteiger partial charge is 0.251 e. The maximum Gasteiger partial charge on any atom is 0.251 e. The van der Waals surface area contributed by atoms with Gasteiger partial charge in [0.15, 0.2) is 0 Å². The van der Waals surface area contributed by atoms with E-state index in [1.165, 1.54) is 6.33 Å². The van der Waals surface area contributed by atoms with E-state index in [4.69, 9.17) is 0 Å². The number of carbonyl (C=O) groups excluding carboxylic acids is 2. The Hall–Kier alpha value is -2.96.